The van der Waals surface area contributed by atoms with Crippen molar-refractivity contribution >= 4 is 45.2 Å². The number of aliphatic hydroxyl groups is 1. The fraction of sp³-hybridized carbons (Fsp3) is 0.471. The second kappa shape index (κ2) is 7.57. The lowest BCUT2D eigenvalue weighted by atomic mass is 10.00. The molecular weight excluding hydrogens is 497 g/mol. The molecule has 8 nitrogen and oxygen atoms in total. The van der Waals surface area contributed by atoms with Crippen molar-refractivity contribution in [3.63, 3.8) is 0 Å². The largest absolute Gasteiger partial charge is 0.448 e. The number of hydrogen-bond acceptors (Lipinski definition) is 5. The van der Waals surface area contributed by atoms with E-state index in [0.29, 0.717) is 6.54 Å². The predicted molar refractivity (Wildman–Crippen MR) is 101 cm³/mol. The molecule has 2 aromatic heterocycles. The predicted octanol–water partition coefficient (Wildman–Crippen LogP) is 2.80. The maximum absolute atomic E-state index is 13.4. The van der Waals surface area contributed by atoms with E-state index in [-0.39, 0.29) is 41.4 Å². The lowest BCUT2D eigenvalue weighted by molar-refractivity contribution is -0.136. The summed E-state index contributed by atoms with van der Waals surface area (Å²) >= 11 is 9.19. The number of ether oxygens (including phenoxy) is 1. The highest BCUT2D eigenvalue weighted by Crippen LogP contribution is 2.36. The summed E-state index contributed by atoms with van der Waals surface area (Å²) < 4.78 is 46.1. The van der Waals surface area contributed by atoms with Crippen LogP contribution in [0.1, 0.15) is 22.5 Å². The van der Waals surface area contributed by atoms with Crippen molar-refractivity contribution in [1.82, 2.24) is 19.2 Å². The van der Waals surface area contributed by atoms with Crippen molar-refractivity contribution in [2.24, 2.45) is 0 Å². The van der Waals surface area contributed by atoms with Crippen LogP contribution in [-0.2, 0) is 10.9 Å². The third kappa shape index (κ3) is 3.60. The first-order chi connectivity index (χ1) is 14.1. The Labute approximate surface area is 181 Å². The first-order valence-electron chi connectivity index (χ1n) is 8.93. The molecule has 13 heteroatoms. The molecule has 2 saturated heterocycles. The molecule has 0 aliphatic carbocycles. The van der Waals surface area contributed by atoms with E-state index in [9.17, 15) is 27.9 Å². The molecule has 0 spiro atoms. The highest BCUT2D eigenvalue weighted by molar-refractivity contribution is 9.10. The monoisotopic (exact) mass is 510 g/mol. The standard InChI is InChI=1S/C17H15BrClF3N4O4/c18-8-5-9(17(20,21)22)14-23-12(13(19)26(14)6-8)15(28)24-2-1-10(11(27)7-24)25-3-4-30-16(25)29/h5-6,10-11,27H,1-4,7H2/t10-,11-/m1/s1. The van der Waals surface area contributed by atoms with Crippen LogP contribution in [0.4, 0.5) is 18.0 Å². The Morgan fingerprint density at radius 1 is 1.37 bits per heavy atom. The summed E-state index contributed by atoms with van der Waals surface area (Å²) in [6.45, 7) is 0.637. The summed E-state index contributed by atoms with van der Waals surface area (Å²) in [4.78, 5) is 31.2. The van der Waals surface area contributed by atoms with Gasteiger partial charge in [0.2, 0.25) is 0 Å². The van der Waals surface area contributed by atoms with Gasteiger partial charge < -0.3 is 14.7 Å². The third-order valence-electron chi connectivity index (χ3n) is 5.16. The van der Waals surface area contributed by atoms with Crippen molar-refractivity contribution in [1.29, 1.82) is 0 Å². The van der Waals surface area contributed by atoms with E-state index < -0.39 is 41.5 Å². The average Bonchev–Trinajstić information content (AvgIpc) is 3.23. The number of pyridine rings is 1. The summed E-state index contributed by atoms with van der Waals surface area (Å²) in [5, 5.41) is 10.2. The van der Waals surface area contributed by atoms with Crippen LogP contribution >= 0.6 is 27.5 Å². The number of β-amino-alcohol motifs (C(OH)–C–C–N with tert-alkyl or cyclic N) is 1. The van der Waals surface area contributed by atoms with Gasteiger partial charge in [0.15, 0.2) is 11.3 Å². The number of carbonyl (C=O) groups excluding carboxylic acids is 2. The maximum atomic E-state index is 13.4. The molecule has 0 aromatic carbocycles. The number of alkyl halides is 3. The zero-order chi connectivity index (χ0) is 21.8. The lowest BCUT2D eigenvalue weighted by Crippen LogP contribution is -2.55. The normalized spacial score (nSPS) is 22.7. The third-order valence-corrected chi connectivity index (χ3v) is 5.96. The zero-order valence-corrected chi connectivity index (χ0v) is 17.5. The van der Waals surface area contributed by atoms with Crippen LogP contribution in [0.2, 0.25) is 5.15 Å². The summed E-state index contributed by atoms with van der Waals surface area (Å²) in [6.07, 6.45) is -4.68. The van der Waals surface area contributed by atoms with Gasteiger partial charge in [-0.05, 0) is 28.4 Å². The van der Waals surface area contributed by atoms with Crippen LogP contribution in [0.25, 0.3) is 5.65 Å². The summed E-state index contributed by atoms with van der Waals surface area (Å²) in [7, 11) is 0. The van der Waals surface area contributed by atoms with Gasteiger partial charge in [-0.25, -0.2) is 9.78 Å². The number of aromatic nitrogens is 2. The van der Waals surface area contributed by atoms with Crippen molar-refractivity contribution < 1.29 is 32.6 Å². The van der Waals surface area contributed by atoms with Gasteiger partial charge >= 0.3 is 12.3 Å². The quantitative estimate of drug-likeness (QED) is 0.670. The lowest BCUT2D eigenvalue weighted by Gasteiger charge is -2.38. The van der Waals surface area contributed by atoms with Crippen LogP contribution in [0.5, 0.6) is 0 Å². The van der Waals surface area contributed by atoms with Crippen molar-refractivity contribution in [3.8, 4) is 0 Å². The average molecular weight is 512 g/mol. The van der Waals surface area contributed by atoms with Gasteiger partial charge in [0.25, 0.3) is 5.91 Å². The zero-order valence-electron chi connectivity index (χ0n) is 15.2. The summed E-state index contributed by atoms with van der Waals surface area (Å²) in [5.74, 6) is -0.700. The fourth-order valence-corrected chi connectivity index (χ4v) is 4.44. The topological polar surface area (TPSA) is 87.4 Å². The molecule has 2 aliphatic heterocycles. The smallest absolute Gasteiger partial charge is 0.420 e. The first-order valence-corrected chi connectivity index (χ1v) is 10.1. The number of likely N-dealkylation sites (tertiary alicyclic amines) is 1. The number of aliphatic hydroxyl groups excluding tert-OH is 1. The number of rotatable bonds is 2. The van der Waals surface area contributed by atoms with Gasteiger partial charge in [-0.3, -0.25) is 14.1 Å². The Morgan fingerprint density at radius 3 is 2.70 bits per heavy atom. The van der Waals surface area contributed by atoms with Crippen LogP contribution in [-0.4, -0.2) is 74.7 Å². The summed E-state index contributed by atoms with van der Waals surface area (Å²) in [6, 6.07) is 0.352. The van der Waals surface area contributed by atoms with Gasteiger partial charge in [-0.1, -0.05) is 11.6 Å². The van der Waals surface area contributed by atoms with E-state index in [1.807, 2.05) is 0 Å². The molecule has 162 valence electrons. The summed E-state index contributed by atoms with van der Waals surface area (Å²) in [5.41, 5.74) is -1.87. The molecule has 0 saturated carbocycles. The highest BCUT2D eigenvalue weighted by atomic mass is 79.9. The number of piperidine rings is 1. The number of fused-ring (bicyclic) bond motifs is 1. The van der Waals surface area contributed by atoms with Gasteiger partial charge in [0.1, 0.15) is 11.8 Å². The van der Waals surface area contributed by atoms with E-state index in [1.165, 1.54) is 16.0 Å². The minimum absolute atomic E-state index is 0.118. The van der Waals surface area contributed by atoms with Crippen molar-refractivity contribution in [3.05, 3.63) is 33.1 Å². The first kappa shape index (κ1) is 21.2. The molecule has 4 heterocycles. The number of halogens is 5. The number of nitrogens with zero attached hydrogens (tertiary/aromatic N) is 4. The Morgan fingerprint density at radius 2 is 2.10 bits per heavy atom. The molecule has 0 unspecified atom stereocenters. The van der Waals surface area contributed by atoms with Gasteiger partial charge in [-0.2, -0.15) is 13.2 Å². The highest BCUT2D eigenvalue weighted by Gasteiger charge is 2.40. The van der Waals surface area contributed by atoms with Crippen LogP contribution in [0.3, 0.4) is 0 Å². The van der Waals surface area contributed by atoms with Crippen LogP contribution < -0.4 is 0 Å². The van der Waals surface area contributed by atoms with Crippen molar-refractivity contribution in [2.75, 3.05) is 26.2 Å². The molecule has 0 radical (unpaired) electrons. The SMILES string of the molecule is O=C(c1nc2c(C(F)(F)F)cc(Br)cn2c1Cl)N1CC[C@@H](N2CCOC2=O)[C@H](O)C1. The maximum Gasteiger partial charge on any atom is 0.420 e. The molecule has 2 aromatic rings. The number of cyclic esters (lactones) is 1. The molecule has 4 rings (SSSR count). The van der Waals surface area contributed by atoms with E-state index in [4.69, 9.17) is 16.3 Å². The number of hydrogen-bond donors (Lipinski definition) is 1. The van der Waals surface area contributed by atoms with E-state index >= 15 is 0 Å². The van der Waals surface area contributed by atoms with Gasteiger partial charge in [0.05, 0.1) is 24.3 Å². The molecule has 2 atom stereocenters. The Bertz CT molecular complexity index is 1030. The Balaban J connectivity index is 1.61. The van der Waals surface area contributed by atoms with E-state index in [1.54, 1.807) is 0 Å². The number of carbonyl (C=O) groups is 2. The van der Waals surface area contributed by atoms with Gasteiger partial charge in [0, 0.05) is 23.8 Å². The fourth-order valence-electron chi connectivity index (χ4n) is 3.75. The van der Waals surface area contributed by atoms with Crippen LogP contribution in [0, 0.1) is 0 Å². The minimum atomic E-state index is -4.70. The molecule has 2 amide bonds. The second-order valence-electron chi connectivity index (χ2n) is 7.00. The minimum Gasteiger partial charge on any atom is -0.448 e. The molecule has 2 aliphatic rings. The molecule has 0 bridgehead atoms. The number of imidazole rings is 1. The van der Waals surface area contributed by atoms with Crippen LogP contribution in [0.15, 0.2) is 16.7 Å². The van der Waals surface area contributed by atoms with E-state index in [2.05, 4.69) is 20.9 Å². The molecule has 30 heavy (non-hydrogen) atoms. The van der Waals surface area contributed by atoms with E-state index in [0.717, 1.165) is 10.5 Å². The number of amides is 2. The Kier molecular flexibility index (Phi) is 5.35. The second-order valence-corrected chi connectivity index (χ2v) is 8.27. The van der Waals surface area contributed by atoms with Gasteiger partial charge in [-0.15, -0.1) is 0 Å². The molecule has 2 fully saturated rings. The van der Waals surface area contributed by atoms with Crippen molar-refractivity contribution in [2.45, 2.75) is 24.7 Å². The molecular formula is C17H15BrClF3N4O4. The molecule has 1 N–H and O–H groups in total. The Hall–Kier alpha value is -2.05.